The lowest BCUT2D eigenvalue weighted by atomic mass is 10.1. The number of hydrogen-bond acceptors (Lipinski definition) is 3. The van der Waals surface area contributed by atoms with E-state index in [9.17, 15) is 5.11 Å². The lowest BCUT2D eigenvalue weighted by molar-refractivity contribution is 0.145. The molecule has 3 nitrogen and oxygen atoms in total. The fourth-order valence-electron chi connectivity index (χ4n) is 2.33. The van der Waals surface area contributed by atoms with Gasteiger partial charge in [-0.2, -0.15) is 0 Å². The van der Waals surface area contributed by atoms with Crippen LogP contribution in [0.5, 0.6) is 0 Å². The summed E-state index contributed by atoms with van der Waals surface area (Å²) in [5, 5.41) is 10.7. The molecule has 0 spiro atoms. The minimum atomic E-state index is -0.133. The highest BCUT2D eigenvalue weighted by molar-refractivity contribution is 5.80. The first-order valence-corrected chi connectivity index (χ1v) is 6.12. The Balaban J connectivity index is 1.90. The van der Waals surface area contributed by atoms with Gasteiger partial charge in [-0.3, -0.25) is 0 Å². The molecule has 0 unspecified atom stereocenters. The molecule has 1 aromatic carbocycles. The average Bonchev–Trinajstić information content (AvgIpc) is 2.39. The Morgan fingerprint density at radius 2 is 1.82 bits per heavy atom. The van der Waals surface area contributed by atoms with Crippen molar-refractivity contribution < 1.29 is 5.11 Å². The number of aromatic nitrogens is 1. The SMILES string of the molecule is OC1CCN(c2ccc3ccccc3n2)CC1. The third kappa shape index (κ3) is 2.11. The van der Waals surface area contributed by atoms with Gasteiger partial charge in [-0.05, 0) is 31.0 Å². The van der Waals surface area contributed by atoms with Gasteiger partial charge in [0.25, 0.3) is 0 Å². The van der Waals surface area contributed by atoms with Crippen molar-refractivity contribution in [2.75, 3.05) is 18.0 Å². The van der Waals surface area contributed by atoms with Crippen molar-refractivity contribution in [2.24, 2.45) is 0 Å². The molecule has 1 aromatic heterocycles. The maximum Gasteiger partial charge on any atom is 0.129 e. The van der Waals surface area contributed by atoms with Crippen LogP contribution in [-0.2, 0) is 0 Å². The van der Waals surface area contributed by atoms with Crippen molar-refractivity contribution >= 4 is 16.7 Å². The number of aliphatic hydroxyl groups is 1. The third-order valence-electron chi connectivity index (χ3n) is 3.37. The molecule has 0 saturated carbocycles. The van der Waals surface area contributed by atoms with Gasteiger partial charge in [0.2, 0.25) is 0 Å². The fraction of sp³-hybridized carbons (Fsp3) is 0.357. The molecule has 1 N–H and O–H groups in total. The summed E-state index contributed by atoms with van der Waals surface area (Å²) in [6.45, 7) is 1.79. The van der Waals surface area contributed by atoms with E-state index in [-0.39, 0.29) is 6.10 Å². The molecule has 3 rings (SSSR count). The molecule has 0 amide bonds. The number of piperidine rings is 1. The van der Waals surface area contributed by atoms with Crippen LogP contribution in [0.25, 0.3) is 10.9 Å². The van der Waals surface area contributed by atoms with Crippen molar-refractivity contribution in [1.29, 1.82) is 0 Å². The number of fused-ring (bicyclic) bond motifs is 1. The first kappa shape index (κ1) is 10.5. The molecule has 0 atom stereocenters. The Labute approximate surface area is 101 Å². The summed E-state index contributed by atoms with van der Waals surface area (Å²) in [4.78, 5) is 6.92. The van der Waals surface area contributed by atoms with Gasteiger partial charge in [0.05, 0.1) is 11.6 Å². The van der Waals surface area contributed by atoms with Gasteiger partial charge < -0.3 is 10.0 Å². The minimum absolute atomic E-state index is 0.133. The maximum absolute atomic E-state index is 9.50. The summed E-state index contributed by atoms with van der Waals surface area (Å²) in [5.41, 5.74) is 1.04. The maximum atomic E-state index is 9.50. The molecule has 2 aromatic rings. The highest BCUT2D eigenvalue weighted by Gasteiger charge is 2.17. The number of anilines is 1. The van der Waals surface area contributed by atoms with Gasteiger partial charge in [0, 0.05) is 18.5 Å². The van der Waals surface area contributed by atoms with Crippen LogP contribution in [0, 0.1) is 0 Å². The lowest BCUT2D eigenvalue weighted by Gasteiger charge is -2.30. The number of nitrogens with zero attached hydrogens (tertiary/aromatic N) is 2. The monoisotopic (exact) mass is 228 g/mol. The Hall–Kier alpha value is -1.61. The van der Waals surface area contributed by atoms with Crippen molar-refractivity contribution in [2.45, 2.75) is 18.9 Å². The first-order valence-electron chi connectivity index (χ1n) is 6.12. The molecular formula is C14H16N2O. The second kappa shape index (κ2) is 4.34. The predicted molar refractivity (Wildman–Crippen MR) is 69.2 cm³/mol. The van der Waals surface area contributed by atoms with Crippen molar-refractivity contribution in [3.63, 3.8) is 0 Å². The summed E-state index contributed by atoms with van der Waals surface area (Å²) in [7, 11) is 0. The molecular weight excluding hydrogens is 212 g/mol. The number of hydrogen-bond donors (Lipinski definition) is 1. The number of pyridine rings is 1. The molecule has 88 valence electrons. The average molecular weight is 228 g/mol. The number of benzene rings is 1. The van der Waals surface area contributed by atoms with Crippen molar-refractivity contribution in [3.05, 3.63) is 36.4 Å². The smallest absolute Gasteiger partial charge is 0.129 e. The number of para-hydroxylation sites is 1. The largest absolute Gasteiger partial charge is 0.393 e. The summed E-state index contributed by atoms with van der Waals surface area (Å²) in [5.74, 6) is 1.02. The zero-order valence-electron chi connectivity index (χ0n) is 9.71. The van der Waals surface area contributed by atoms with E-state index in [1.807, 2.05) is 18.2 Å². The van der Waals surface area contributed by atoms with E-state index in [0.29, 0.717) is 0 Å². The highest BCUT2D eigenvalue weighted by atomic mass is 16.3. The molecule has 0 radical (unpaired) electrons. The molecule has 1 aliphatic heterocycles. The van der Waals surface area contributed by atoms with Crippen molar-refractivity contribution in [1.82, 2.24) is 4.98 Å². The van der Waals surface area contributed by atoms with E-state index in [0.717, 1.165) is 37.3 Å². The second-order valence-corrected chi connectivity index (χ2v) is 4.58. The number of rotatable bonds is 1. The molecule has 0 bridgehead atoms. The van der Waals surface area contributed by atoms with E-state index >= 15 is 0 Å². The molecule has 1 saturated heterocycles. The van der Waals surface area contributed by atoms with E-state index in [1.165, 1.54) is 5.39 Å². The Kier molecular flexibility index (Phi) is 2.69. The quantitative estimate of drug-likeness (QED) is 0.813. The standard InChI is InChI=1S/C14H16N2O/c17-12-7-9-16(10-8-12)14-6-5-11-3-1-2-4-13(11)15-14/h1-6,12,17H,7-10H2. The zero-order chi connectivity index (χ0) is 11.7. The van der Waals surface area contributed by atoms with E-state index < -0.39 is 0 Å². The summed E-state index contributed by atoms with van der Waals surface area (Å²) in [6, 6.07) is 12.3. The van der Waals surface area contributed by atoms with Crippen LogP contribution in [0.15, 0.2) is 36.4 Å². The number of aliphatic hydroxyl groups excluding tert-OH is 1. The highest BCUT2D eigenvalue weighted by Crippen LogP contribution is 2.21. The van der Waals surface area contributed by atoms with Gasteiger partial charge >= 0.3 is 0 Å². The topological polar surface area (TPSA) is 36.4 Å². The van der Waals surface area contributed by atoms with Crippen molar-refractivity contribution in [3.8, 4) is 0 Å². The van der Waals surface area contributed by atoms with Crippen LogP contribution in [0.4, 0.5) is 5.82 Å². The first-order chi connectivity index (χ1) is 8.33. The fourth-order valence-corrected chi connectivity index (χ4v) is 2.33. The molecule has 1 fully saturated rings. The third-order valence-corrected chi connectivity index (χ3v) is 3.37. The van der Waals surface area contributed by atoms with Gasteiger partial charge in [-0.25, -0.2) is 4.98 Å². The molecule has 0 aliphatic carbocycles. The van der Waals surface area contributed by atoms with Crippen LogP contribution in [-0.4, -0.2) is 29.3 Å². The van der Waals surface area contributed by atoms with Crippen LogP contribution in [0.2, 0.25) is 0 Å². The predicted octanol–water partition coefficient (Wildman–Crippen LogP) is 2.20. The molecule has 2 heterocycles. The van der Waals surface area contributed by atoms with Gasteiger partial charge in [0.1, 0.15) is 5.82 Å². The minimum Gasteiger partial charge on any atom is -0.393 e. The van der Waals surface area contributed by atoms with Crippen LogP contribution < -0.4 is 4.90 Å². The van der Waals surface area contributed by atoms with Gasteiger partial charge in [-0.15, -0.1) is 0 Å². The van der Waals surface area contributed by atoms with Crippen LogP contribution in [0.3, 0.4) is 0 Å². The lowest BCUT2D eigenvalue weighted by Crippen LogP contribution is -2.36. The summed E-state index contributed by atoms with van der Waals surface area (Å²) in [6.07, 6.45) is 1.55. The summed E-state index contributed by atoms with van der Waals surface area (Å²) < 4.78 is 0. The Morgan fingerprint density at radius 3 is 2.65 bits per heavy atom. The molecule has 1 aliphatic rings. The molecule has 3 heteroatoms. The molecule has 17 heavy (non-hydrogen) atoms. The second-order valence-electron chi connectivity index (χ2n) is 4.58. The van der Waals surface area contributed by atoms with E-state index in [4.69, 9.17) is 0 Å². The van der Waals surface area contributed by atoms with E-state index in [1.54, 1.807) is 0 Å². The Bertz CT molecular complexity index is 518. The van der Waals surface area contributed by atoms with Crippen LogP contribution in [0.1, 0.15) is 12.8 Å². The normalized spacial score (nSPS) is 17.6. The van der Waals surface area contributed by atoms with E-state index in [2.05, 4.69) is 28.1 Å². The van der Waals surface area contributed by atoms with Crippen LogP contribution >= 0.6 is 0 Å². The van der Waals surface area contributed by atoms with Gasteiger partial charge in [0.15, 0.2) is 0 Å². The Morgan fingerprint density at radius 1 is 1.06 bits per heavy atom. The zero-order valence-corrected chi connectivity index (χ0v) is 9.71. The van der Waals surface area contributed by atoms with Gasteiger partial charge in [-0.1, -0.05) is 18.2 Å². The summed E-state index contributed by atoms with van der Waals surface area (Å²) >= 11 is 0.